The fourth-order valence-electron chi connectivity index (χ4n) is 1.25. The number of rotatable bonds is 3. The van der Waals surface area contributed by atoms with Gasteiger partial charge in [0.1, 0.15) is 6.61 Å². The molecule has 0 aromatic carbocycles. The van der Waals surface area contributed by atoms with Crippen LogP contribution in [0.25, 0.3) is 0 Å². The molecule has 1 saturated heterocycles. The number of hydrogen-bond donors (Lipinski definition) is 2. The molecule has 0 aromatic rings. The third-order valence-electron chi connectivity index (χ3n) is 1.93. The normalized spacial score (nSPS) is 17.8. The molecular weight excluding hydrogens is 170 g/mol. The first-order valence-corrected chi connectivity index (χ1v) is 4.33. The Kier molecular flexibility index (Phi) is 4.23. The summed E-state index contributed by atoms with van der Waals surface area (Å²) < 4.78 is 5.29. The summed E-state index contributed by atoms with van der Waals surface area (Å²) in [6, 6.07) is 0. The lowest BCUT2D eigenvalue weighted by atomic mass is 10.1. The molecule has 0 atom stereocenters. The van der Waals surface area contributed by atoms with Crippen molar-refractivity contribution in [2.24, 2.45) is 0 Å². The smallest absolute Gasteiger partial charge is 0.258 e. The quantitative estimate of drug-likeness (QED) is 0.450. The van der Waals surface area contributed by atoms with E-state index in [1.807, 2.05) is 5.32 Å². The van der Waals surface area contributed by atoms with Crippen molar-refractivity contribution in [3.8, 4) is 6.19 Å². The van der Waals surface area contributed by atoms with Crippen LogP contribution in [0.15, 0.2) is 0 Å². The molecule has 1 rings (SSSR count). The van der Waals surface area contributed by atoms with Crippen LogP contribution in [0.3, 0.4) is 0 Å². The van der Waals surface area contributed by atoms with Gasteiger partial charge in [0.05, 0.1) is 6.10 Å². The average molecular weight is 183 g/mol. The molecule has 1 heterocycles. The summed E-state index contributed by atoms with van der Waals surface area (Å²) in [6.45, 7) is 1.85. The van der Waals surface area contributed by atoms with E-state index in [9.17, 15) is 4.79 Å². The van der Waals surface area contributed by atoms with Gasteiger partial charge in [-0.1, -0.05) is 0 Å². The summed E-state index contributed by atoms with van der Waals surface area (Å²) in [4.78, 5) is 10.8. The van der Waals surface area contributed by atoms with E-state index < -0.39 is 0 Å². The second kappa shape index (κ2) is 5.51. The molecule has 13 heavy (non-hydrogen) atoms. The molecule has 0 unspecified atom stereocenters. The summed E-state index contributed by atoms with van der Waals surface area (Å²) >= 11 is 0. The van der Waals surface area contributed by atoms with Gasteiger partial charge in [-0.25, -0.2) is 0 Å². The number of carbonyl (C=O) groups is 1. The number of hydrogen-bond acceptors (Lipinski definition) is 4. The van der Waals surface area contributed by atoms with Crippen molar-refractivity contribution in [1.82, 2.24) is 10.6 Å². The zero-order valence-electron chi connectivity index (χ0n) is 7.38. The van der Waals surface area contributed by atoms with Crippen LogP contribution in [0.4, 0.5) is 0 Å². The highest BCUT2D eigenvalue weighted by atomic mass is 16.5. The SMILES string of the molecule is N#CNC(=O)COC1CCNCC1. The topological polar surface area (TPSA) is 74.2 Å². The molecule has 0 spiro atoms. The minimum atomic E-state index is -0.374. The highest BCUT2D eigenvalue weighted by Crippen LogP contribution is 2.06. The average Bonchev–Trinajstić information content (AvgIpc) is 2.17. The molecule has 0 bridgehead atoms. The Morgan fingerprint density at radius 2 is 2.31 bits per heavy atom. The van der Waals surface area contributed by atoms with Crippen LogP contribution >= 0.6 is 0 Å². The van der Waals surface area contributed by atoms with E-state index in [0.29, 0.717) is 0 Å². The van der Waals surface area contributed by atoms with Gasteiger partial charge in [-0.3, -0.25) is 10.1 Å². The first kappa shape index (κ1) is 9.96. The highest BCUT2D eigenvalue weighted by molar-refractivity contribution is 5.78. The van der Waals surface area contributed by atoms with Gasteiger partial charge in [-0.05, 0) is 25.9 Å². The molecule has 0 aromatic heterocycles. The van der Waals surface area contributed by atoms with Crippen LogP contribution in [0, 0.1) is 11.5 Å². The van der Waals surface area contributed by atoms with Crippen LogP contribution in [-0.4, -0.2) is 31.7 Å². The third-order valence-corrected chi connectivity index (χ3v) is 1.93. The van der Waals surface area contributed by atoms with Crippen molar-refractivity contribution < 1.29 is 9.53 Å². The Bertz CT molecular complexity index is 206. The largest absolute Gasteiger partial charge is 0.368 e. The molecule has 1 amide bonds. The lowest BCUT2D eigenvalue weighted by Gasteiger charge is -2.22. The molecule has 1 aliphatic heterocycles. The van der Waals surface area contributed by atoms with E-state index >= 15 is 0 Å². The predicted molar refractivity (Wildman–Crippen MR) is 45.6 cm³/mol. The number of piperidine rings is 1. The van der Waals surface area contributed by atoms with Crippen molar-refractivity contribution in [3.63, 3.8) is 0 Å². The molecule has 2 N–H and O–H groups in total. The summed E-state index contributed by atoms with van der Waals surface area (Å²) in [5.74, 6) is -0.374. The number of nitriles is 1. The van der Waals surface area contributed by atoms with Gasteiger partial charge in [0.15, 0.2) is 6.19 Å². The van der Waals surface area contributed by atoms with Gasteiger partial charge < -0.3 is 10.1 Å². The molecule has 0 aliphatic carbocycles. The Labute approximate surface area is 77.1 Å². The van der Waals surface area contributed by atoms with Crippen LogP contribution in [0.2, 0.25) is 0 Å². The molecule has 5 heteroatoms. The molecule has 5 nitrogen and oxygen atoms in total. The van der Waals surface area contributed by atoms with E-state index in [1.54, 1.807) is 6.19 Å². The van der Waals surface area contributed by atoms with Gasteiger partial charge in [-0.15, -0.1) is 0 Å². The monoisotopic (exact) mass is 183 g/mol. The minimum Gasteiger partial charge on any atom is -0.368 e. The van der Waals surface area contributed by atoms with Gasteiger partial charge in [0, 0.05) is 0 Å². The van der Waals surface area contributed by atoms with E-state index in [4.69, 9.17) is 10.00 Å². The van der Waals surface area contributed by atoms with Crippen LogP contribution in [0.1, 0.15) is 12.8 Å². The first-order chi connectivity index (χ1) is 6.33. The Morgan fingerprint density at radius 3 is 2.92 bits per heavy atom. The number of carbonyl (C=O) groups excluding carboxylic acids is 1. The zero-order valence-corrected chi connectivity index (χ0v) is 7.38. The second-order valence-corrected chi connectivity index (χ2v) is 2.92. The Hall–Kier alpha value is -1.12. The van der Waals surface area contributed by atoms with E-state index in [-0.39, 0.29) is 18.6 Å². The minimum absolute atomic E-state index is 0.0156. The van der Waals surface area contributed by atoms with Gasteiger partial charge >= 0.3 is 0 Å². The maximum atomic E-state index is 10.8. The lowest BCUT2D eigenvalue weighted by molar-refractivity contribution is -0.127. The summed E-state index contributed by atoms with van der Waals surface area (Å²) in [7, 11) is 0. The molecule has 1 aliphatic rings. The maximum Gasteiger partial charge on any atom is 0.258 e. The van der Waals surface area contributed by atoms with E-state index in [1.165, 1.54) is 0 Å². The molecule has 1 fully saturated rings. The van der Waals surface area contributed by atoms with Crippen molar-refractivity contribution in [3.05, 3.63) is 0 Å². The fourth-order valence-corrected chi connectivity index (χ4v) is 1.25. The first-order valence-electron chi connectivity index (χ1n) is 4.33. The van der Waals surface area contributed by atoms with Gasteiger partial charge in [-0.2, -0.15) is 5.26 Å². The third kappa shape index (κ3) is 3.87. The van der Waals surface area contributed by atoms with Crippen LogP contribution in [0.5, 0.6) is 0 Å². The number of amides is 1. The van der Waals surface area contributed by atoms with Crippen molar-refractivity contribution >= 4 is 5.91 Å². The molecule has 0 radical (unpaired) electrons. The number of nitrogens with zero attached hydrogens (tertiary/aromatic N) is 1. The van der Waals surface area contributed by atoms with Crippen molar-refractivity contribution in [2.45, 2.75) is 18.9 Å². The molecule has 72 valence electrons. The van der Waals surface area contributed by atoms with Gasteiger partial charge in [0.2, 0.25) is 0 Å². The van der Waals surface area contributed by atoms with E-state index in [0.717, 1.165) is 25.9 Å². The standard InChI is InChI=1S/C8H13N3O2/c9-6-11-8(12)5-13-7-1-3-10-4-2-7/h7,10H,1-5H2,(H,11,12). The van der Waals surface area contributed by atoms with Crippen molar-refractivity contribution in [2.75, 3.05) is 19.7 Å². The van der Waals surface area contributed by atoms with Crippen molar-refractivity contribution in [1.29, 1.82) is 5.26 Å². The lowest BCUT2D eigenvalue weighted by Crippen LogP contribution is -2.34. The zero-order chi connectivity index (χ0) is 9.52. The Morgan fingerprint density at radius 1 is 1.62 bits per heavy atom. The second-order valence-electron chi connectivity index (χ2n) is 2.92. The summed E-state index contributed by atoms with van der Waals surface area (Å²) in [6.07, 6.45) is 3.58. The number of nitrogens with one attached hydrogen (secondary N) is 2. The highest BCUT2D eigenvalue weighted by Gasteiger charge is 2.14. The Balaban J connectivity index is 2.10. The van der Waals surface area contributed by atoms with E-state index in [2.05, 4.69) is 5.32 Å². The van der Waals surface area contributed by atoms with Crippen LogP contribution < -0.4 is 10.6 Å². The molecule has 0 saturated carbocycles. The number of ether oxygens (including phenoxy) is 1. The predicted octanol–water partition coefficient (Wildman–Crippen LogP) is -0.648. The fraction of sp³-hybridized carbons (Fsp3) is 0.750. The summed E-state index contributed by atoms with van der Waals surface area (Å²) in [5, 5.41) is 13.3. The molecular formula is C8H13N3O2. The van der Waals surface area contributed by atoms with Gasteiger partial charge in [0.25, 0.3) is 5.91 Å². The maximum absolute atomic E-state index is 10.8. The van der Waals surface area contributed by atoms with Crippen LogP contribution in [-0.2, 0) is 9.53 Å². The summed E-state index contributed by atoms with van der Waals surface area (Å²) in [5.41, 5.74) is 0.